The number of halogens is 1. The molecule has 4 rings (SSSR count). The maximum atomic E-state index is 12.6. The third kappa shape index (κ3) is 3.90. The summed E-state index contributed by atoms with van der Waals surface area (Å²) < 4.78 is 7.70. The van der Waals surface area contributed by atoms with Crippen LogP contribution in [0.2, 0.25) is 5.02 Å². The lowest BCUT2D eigenvalue weighted by Gasteiger charge is -2.30. The van der Waals surface area contributed by atoms with Crippen LogP contribution < -0.4 is 10.2 Å². The fraction of sp³-hybridized carbons (Fsp3) is 0.444. The summed E-state index contributed by atoms with van der Waals surface area (Å²) in [7, 11) is 1.89. The first-order chi connectivity index (χ1) is 13.1. The Bertz CT molecular complexity index is 952. The molecular weight excluding hydrogens is 368 g/mol. The van der Waals surface area contributed by atoms with Gasteiger partial charge in [-0.15, -0.1) is 10.2 Å². The van der Waals surface area contributed by atoms with E-state index in [-0.39, 0.29) is 11.8 Å². The molecule has 27 heavy (non-hydrogen) atoms. The fourth-order valence-electron chi connectivity index (χ4n) is 3.36. The molecule has 1 unspecified atom stereocenters. The molecule has 3 aromatic rings. The molecule has 1 N–H and O–H groups in total. The standard InChI is InChI=1S/C18H21ClN6O2/c1-24-11-21-23-16(24)6-7-20-17(26)12-3-2-8-25(10-12)18-22-14-9-13(19)4-5-15(14)27-18/h4-5,9,11-12H,2-3,6-8,10H2,1H3,(H,20,26). The average molecular weight is 389 g/mol. The predicted molar refractivity (Wildman–Crippen MR) is 102 cm³/mol. The van der Waals surface area contributed by atoms with Gasteiger partial charge in [0.25, 0.3) is 6.01 Å². The zero-order valence-corrected chi connectivity index (χ0v) is 15.8. The number of hydrogen-bond acceptors (Lipinski definition) is 6. The normalized spacial score (nSPS) is 17.4. The van der Waals surface area contributed by atoms with Crippen molar-refractivity contribution in [3.63, 3.8) is 0 Å². The second-order valence-electron chi connectivity index (χ2n) is 6.79. The third-order valence-electron chi connectivity index (χ3n) is 4.85. The van der Waals surface area contributed by atoms with E-state index in [0.29, 0.717) is 36.1 Å². The molecule has 1 amide bonds. The molecule has 1 fully saturated rings. The molecule has 3 heterocycles. The van der Waals surface area contributed by atoms with Crippen LogP contribution in [0.1, 0.15) is 18.7 Å². The van der Waals surface area contributed by atoms with Crippen molar-refractivity contribution in [2.45, 2.75) is 19.3 Å². The molecule has 1 saturated heterocycles. The first-order valence-corrected chi connectivity index (χ1v) is 9.39. The quantitative estimate of drug-likeness (QED) is 0.720. The number of carbonyl (C=O) groups is 1. The molecule has 8 nitrogen and oxygen atoms in total. The van der Waals surface area contributed by atoms with E-state index in [9.17, 15) is 4.79 Å². The van der Waals surface area contributed by atoms with Crippen molar-refractivity contribution < 1.29 is 9.21 Å². The monoisotopic (exact) mass is 388 g/mol. The Kier molecular flexibility index (Phi) is 4.98. The summed E-state index contributed by atoms with van der Waals surface area (Å²) >= 11 is 6.02. The van der Waals surface area contributed by atoms with Crippen LogP contribution in [0, 0.1) is 5.92 Å². The number of benzene rings is 1. The highest BCUT2D eigenvalue weighted by Crippen LogP contribution is 2.27. The van der Waals surface area contributed by atoms with E-state index in [4.69, 9.17) is 16.0 Å². The van der Waals surface area contributed by atoms with Crippen molar-refractivity contribution in [2.24, 2.45) is 13.0 Å². The molecular formula is C18H21ClN6O2. The Balaban J connectivity index is 1.36. The molecule has 2 aromatic heterocycles. The highest BCUT2D eigenvalue weighted by Gasteiger charge is 2.28. The number of aromatic nitrogens is 4. The largest absolute Gasteiger partial charge is 0.423 e. The van der Waals surface area contributed by atoms with Crippen LogP contribution >= 0.6 is 11.6 Å². The maximum Gasteiger partial charge on any atom is 0.298 e. The van der Waals surface area contributed by atoms with Crippen molar-refractivity contribution >= 4 is 34.6 Å². The molecule has 1 atom stereocenters. The number of amides is 1. The molecule has 0 bridgehead atoms. The van der Waals surface area contributed by atoms with Crippen LogP contribution in [-0.4, -0.2) is 45.3 Å². The Morgan fingerprint density at radius 1 is 1.44 bits per heavy atom. The number of aryl methyl sites for hydroxylation is 1. The van der Waals surface area contributed by atoms with Crippen LogP contribution in [0.3, 0.4) is 0 Å². The van der Waals surface area contributed by atoms with E-state index in [0.717, 1.165) is 30.7 Å². The van der Waals surface area contributed by atoms with Gasteiger partial charge in [0.15, 0.2) is 5.58 Å². The number of oxazole rings is 1. The number of nitrogens with one attached hydrogen (secondary N) is 1. The lowest BCUT2D eigenvalue weighted by atomic mass is 9.97. The number of nitrogens with zero attached hydrogens (tertiary/aromatic N) is 5. The van der Waals surface area contributed by atoms with Gasteiger partial charge in [0, 0.05) is 38.1 Å². The van der Waals surface area contributed by atoms with Crippen molar-refractivity contribution in [3.05, 3.63) is 35.4 Å². The minimum Gasteiger partial charge on any atom is -0.423 e. The molecule has 9 heteroatoms. The molecule has 0 radical (unpaired) electrons. The Morgan fingerprint density at radius 3 is 3.15 bits per heavy atom. The number of piperidine rings is 1. The zero-order valence-electron chi connectivity index (χ0n) is 15.1. The minimum absolute atomic E-state index is 0.0565. The number of rotatable bonds is 5. The highest BCUT2D eigenvalue weighted by molar-refractivity contribution is 6.31. The van der Waals surface area contributed by atoms with Crippen molar-refractivity contribution in [1.82, 2.24) is 25.1 Å². The van der Waals surface area contributed by atoms with Gasteiger partial charge in [-0.05, 0) is 31.0 Å². The van der Waals surface area contributed by atoms with Crippen LogP contribution in [0.25, 0.3) is 11.1 Å². The van der Waals surface area contributed by atoms with Gasteiger partial charge in [-0.25, -0.2) is 0 Å². The lowest BCUT2D eigenvalue weighted by Crippen LogP contribution is -2.43. The Morgan fingerprint density at radius 2 is 2.33 bits per heavy atom. The summed E-state index contributed by atoms with van der Waals surface area (Å²) in [5.74, 6) is 0.823. The van der Waals surface area contributed by atoms with Gasteiger partial charge in [0.1, 0.15) is 17.7 Å². The molecule has 1 aliphatic heterocycles. The Labute approximate surface area is 161 Å². The van der Waals surface area contributed by atoms with Gasteiger partial charge >= 0.3 is 0 Å². The molecule has 0 spiro atoms. The predicted octanol–water partition coefficient (Wildman–Crippen LogP) is 2.18. The number of anilines is 1. The van der Waals surface area contributed by atoms with E-state index >= 15 is 0 Å². The van der Waals surface area contributed by atoms with Crippen LogP contribution in [0.5, 0.6) is 0 Å². The molecule has 0 saturated carbocycles. The summed E-state index contributed by atoms with van der Waals surface area (Å²) in [6.07, 6.45) is 4.09. The number of fused-ring (bicyclic) bond motifs is 1. The number of hydrogen-bond donors (Lipinski definition) is 1. The van der Waals surface area contributed by atoms with E-state index in [1.165, 1.54) is 0 Å². The summed E-state index contributed by atoms with van der Waals surface area (Å²) in [6, 6.07) is 5.92. The molecule has 142 valence electrons. The first kappa shape index (κ1) is 17.8. The van der Waals surface area contributed by atoms with E-state index in [1.807, 2.05) is 22.6 Å². The van der Waals surface area contributed by atoms with Crippen LogP contribution in [-0.2, 0) is 18.3 Å². The van der Waals surface area contributed by atoms with Gasteiger partial charge in [0.05, 0.1) is 5.92 Å². The van der Waals surface area contributed by atoms with E-state index in [2.05, 4.69) is 20.5 Å². The summed E-state index contributed by atoms with van der Waals surface area (Å²) in [6.45, 7) is 1.96. The van der Waals surface area contributed by atoms with E-state index < -0.39 is 0 Å². The average Bonchev–Trinajstić information content (AvgIpc) is 3.27. The van der Waals surface area contributed by atoms with Crippen molar-refractivity contribution in [2.75, 3.05) is 24.5 Å². The molecule has 1 aromatic carbocycles. The summed E-state index contributed by atoms with van der Waals surface area (Å²) in [4.78, 5) is 19.1. The van der Waals surface area contributed by atoms with Crippen molar-refractivity contribution in [3.8, 4) is 0 Å². The third-order valence-corrected chi connectivity index (χ3v) is 5.09. The first-order valence-electron chi connectivity index (χ1n) is 9.02. The fourth-order valence-corrected chi connectivity index (χ4v) is 3.53. The van der Waals surface area contributed by atoms with Crippen LogP contribution in [0.4, 0.5) is 6.01 Å². The zero-order chi connectivity index (χ0) is 18.8. The SMILES string of the molecule is Cn1cnnc1CCNC(=O)C1CCCN(c2nc3cc(Cl)ccc3o2)C1. The second kappa shape index (κ2) is 7.56. The van der Waals surface area contributed by atoms with Crippen molar-refractivity contribution in [1.29, 1.82) is 0 Å². The number of carbonyl (C=O) groups excluding carboxylic acids is 1. The summed E-state index contributed by atoms with van der Waals surface area (Å²) in [5.41, 5.74) is 1.43. The Hall–Kier alpha value is -2.61. The smallest absolute Gasteiger partial charge is 0.298 e. The van der Waals surface area contributed by atoms with Gasteiger partial charge < -0.3 is 19.2 Å². The van der Waals surface area contributed by atoms with Gasteiger partial charge in [-0.2, -0.15) is 4.98 Å². The second-order valence-corrected chi connectivity index (χ2v) is 7.23. The minimum atomic E-state index is -0.0863. The van der Waals surface area contributed by atoms with E-state index in [1.54, 1.807) is 18.5 Å². The molecule has 1 aliphatic rings. The van der Waals surface area contributed by atoms with Gasteiger partial charge in [0.2, 0.25) is 5.91 Å². The topological polar surface area (TPSA) is 89.1 Å². The summed E-state index contributed by atoms with van der Waals surface area (Å²) in [5, 5.41) is 11.5. The lowest BCUT2D eigenvalue weighted by molar-refractivity contribution is -0.125. The van der Waals surface area contributed by atoms with Gasteiger partial charge in [-0.3, -0.25) is 4.79 Å². The highest BCUT2D eigenvalue weighted by atomic mass is 35.5. The van der Waals surface area contributed by atoms with Crippen LogP contribution in [0.15, 0.2) is 28.9 Å². The van der Waals surface area contributed by atoms with Gasteiger partial charge in [-0.1, -0.05) is 11.6 Å². The molecule has 0 aliphatic carbocycles. The maximum absolute atomic E-state index is 12.6.